The number of carboxylic acids is 1. The van der Waals surface area contributed by atoms with E-state index in [1.165, 1.54) is 18.5 Å². The van der Waals surface area contributed by atoms with Gasteiger partial charge < -0.3 is 15.5 Å². The molecule has 1 aliphatic rings. The van der Waals surface area contributed by atoms with E-state index in [0.29, 0.717) is 0 Å². The van der Waals surface area contributed by atoms with Crippen LogP contribution in [-0.2, 0) is 4.79 Å². The zero-order valence-corrected chi connectivity index (χ0v) is 9.67. The minimum absolute atomic E-state index is 0.0950. The second kappa shape index (κ2) is 5.03. The number of hydrogen-bond acceptors (Lipinski definition) is 4. The molecule has 1 aliphatic carbocycles. The smallest absolute Gasteiger partial charge is 0.305 e. The first-order valence-corrected chi connectivity index (χ1v) is 5.73. The quantitative estimate of drug-likeness (QED) is 0.716. The number of aromatic nitrogens is 1. The van der Waals surface area contributed by atoms with Crippen LogP contribution in [-0.4, -0.2) is 33.1 Å². The van der Waals surface area contributed by atoms with Crippen LogP contribution in [0.1, 0.15) is 29.6 Å². The molecule has 0 saturated heterocycles. The van der Waals surface area contributed by atoms with E-state index in [1.54, 1.807) is 0 Å². The lowest BCUT2D eigenvalue weighted by atomic mass is 10.1. The summed E-state index contributed by atoms with van der Waals surface area (Å²) in [6, 6.07) is 1.03. The Morgan fingerprint density at radius 3 is 2.78 bits per heavy atom. The molecule has 0 radical (unpaired) electrons. The fraction of sp³-hybridized carbons (Fsp3) is 0.417. The van der Waals surface area contributed by atoms with Gasteiger partial charge in [-0.2, -0.15) is 0 Å². The topological polar surface area (TPSA) is 99.5 Å². The van der Waals surface area contributed by atoms with Crippen molar-refractivity contribution in [1.29, 1.82) is 0 Å². The zero-order valence-electron chi connectivity index (χ0n) is 9.67. The van der Waals surface area contributed by atoms with E-state index in [2.05, 4.69) is 10.3 Å². The largest absolute Gasteiger partial charge is 0.505 e. The second-order valence-electron chi connectivity index (χ2n) is 4.41. The number of aromatic hydroxyl groups is 1. The van der Waals surface area contributed by atoms with Crippen molar-refractivity contribution in [2.45, 2.75) is 25.3 Å². The van der Waals surface area contributed by atoms with E-state index in [0.717, 1.165) is 12.8 Å². The molecule has 1 heterocycles. The summed E-state index contributed by atoms with van der Waals surface area (Å²) < 4.78 is 0. The number of carbonyl (C=O) groups is 2. The maximum atomic E-state index is 11.9. The number of pyridine rings is 1. The summed E-state index contributed by atoms with van der Waals surface area (Å²) >= 11 is 0. The van der Waals surface area contributed by atoms with Crippen molar-refractivity contribution in [2.75, 3.05) is 0 Å². The van der Waals surface area contributed by atoms with E-state index >= 15 is 0 Å². The van der Waals surface area contributed by atoms with E-state index in [-0.39, 0.29) is 29.7 Å². The molecular formula is C12H14N2O4. The van der Waals surface area contributed by atoms with Crippen molar-refractivity contribution in [3.63, 3.8) is 0 Å². The second-order valence-corrected chi connectivity index (χ2v) is 4.41. The van der Waals surface area contributed by atoms with Crippen LogP contribution in [0.25, 0.3) is 0 Å². The fourth-order valence-corrected chi connectivity index (χ4v) is 1.85. The SMILES string of the molecule is O=C(O)CC(NC(=O)c1ccncc1O)C1CC1. The predicted molar refractivity (Wildman–Crippen MR) is 62.1 cm³/mol. The normalized spacial score (nSPS) is 16.0. The molecular weight excluding hydrogens is 236 g/mol. The summed E-state index contributed by atoms with van der Waals surface area (Å²) in [5.41, 5.74) is 0.112. The number of nitrogens with zero attached hydrogens (tertiary/aromatic N) is 1. The van der Waals surface area contributed by atoms with Crippen LogP contribution >= 0.6 is 0 Å². The Bertz CT molecular complexity index is 471. The number of aliphatic carboxylic acids is 1. The Kier molecular flexibility index (Phi) is 3.45. The summed E-state index contributed by atoms with van der Waals surface area (Å²) in [6.07, 6.45) is 4.35. The van der Waals surface area contributed by atoms with E-state index < -0.39 is 11.9 Å². The van der Waals surface area contributed by atoms with Gasteiger partial charge in [-0.1, -0.05) is 0 Å². The van der Waals surface area contributed by atoms with Crippen LogP contribution in [0.5, 0.6) is 5.75 Å². The Balaban J connectivity index is 2.05. The van der Waals surface area contributed by atoms with Gasteiger partial charge in [0.05, 0.1) is 18.2 Å². The fourth-order valence-electron chi connectivity index (χ4n) is 1.85. The minimum Gasteiger partial charge on any atom is -0.505 e. The lowest BCUT2D eigenvalue weighted by Crippen LogP contribution is -2.38. The Morgan fingerprint density at radius 1 is 1.50 bits per heavy atom. The average molecular weight is 250 g/mol. The standard InChI is InChI=1S/C12H14N2O4/c15-10-6-13-4-3-8(10)12(18)14-9(5-11(16)17)7-1-2-7/h3-4,6-7,9,15H,1-2,5H2,(H,14,18)(H,16,17). The molecule has 0 bridgehead atoms. The first-order chi connectivity index (χ1) is 8.58. The van der Waals surface area contributed by atoms with Gasteiger partial charge in [-0.25, -0.2) is 0 Å². The molecule has 1 saturated carbocycles. The number of hydrogen-bond donors (Lipinski definition) is 3. The lowest BCUT2D eigenvalue weighted by molar-refractivity contribution is -0.137. The monoisotopic (exact) mass is 250 g/mol. The average Bonchev–Trinajstić information content (AvgIpc) is 3.11. The van der Waals surface area contributed by atoms with Crippen LogP contribution < -0.4 is 5.32 Å². The summed E-state index contributed by atoms with van der Waals surface area (Å²) in [7, 11) is 0. The summed E-state index contributed by atoms with van der Waals surface area (Å²) in [6.45, 7) is 0. The lowest BCUT2D eigenvalue weighted by Gasteiger charge is -2.16. The van der Waals surface area contributed by atoms with Crippen LogP contribution in [0, 0.1) is 5.92 Å². The van der Waals surface area contributed by atoms with Crippen LogP contribution in [0.4, 0.5) is 0 Å². The predicted octanol–water partition coefficient (Wildman–Crippen LogP) is 0.770. The number of amides is 1. The highest BCUT2D eigenvalue weighted by atomic mass is 16.4. The van der Waals surface area contributed by atoms with Gasteiger partial charge in [0.15, 0.2) is 0 Å². The third-order valence-electron chi connectivity index (χ3n) is 2.95. The van der Waals surface area contributed by atoms with Crippen molar-refractivity contribution in [1.82, 2.24) is 10.3 Å². The molecule has 0 aliphatic heterocycles. The molecule has 0 spiro atoms. The molecule has 6 heteroatoms. The summed E-state index contributed by atoms with van der Waals surface area (Å²) in [5, 5.41) is 20.9. The van der Waals surface area contributed by atoms with Crippen LogP contribution in [0.15, 0.2) is 18.5 Å². The van der Waals surface area contributed by atoms with Gasteiger partial charge in [-0.15, -0.1) is 0 Å². The molecule has 1 aromatic rings. The van der Waals surface area contributed by atoms with Crippen LogP contribution in [0.3, 0.4) is 0 Å². The van der Waals surface area contributed by atoms with Crippen molar-refractivity contribution in [2.24, 2.45) is 5.92 Å². The van der Waals surface area contributed by atoms with Crippen molar-refractivity contribution in [3.8, 4) is 5.75 Å². The molecule has 1 fully saturated rings. The van der Waals surface area contributed by atoms with Gasteiger partial charge in [0.25, 0.3) is 5.91 Å². The molecule has 1 amide bonds. The van der Waals surface area contributed by atoms with Gasteiger partial charge in [-0.05, 0) is 24.8 Å². The molecule has 0 aromatic carbocycles. The highest BCUT2D eigenvalue weighted by Crippen LogP contribution is 2.34. The highest BCUT2D eigenvalue weighted by Gasteiger charge is 2.34. The van der Waals surface area contributed by atoms with Crippen molar-refractivity contribution < 1.29 is 19.8 Å². The Hall–Kier alpha value is -2.11. The molecule has 6 nitrogen and oxygen atoms in total. The Labute approximate surface area is 104 Å². The van der Waals surface area contributed by atoms with Crippen LogP contribution in [0.2, 0.25) is 0 Å². The molecule has 2 rings (SSSR count). The van der Waals surface area contributed by atoms with Gasteiger partial charge in [-0.3, -0.25) is 14.6 Å². The molecule has 1 aromatic heterocycles. The van der Waals surface area contributed by atoms with E-state index in [9.17, 15) is 14.7 Å². The van der Waals surface area contributed by atoms with Gasteiger partial charge >= 0.3 is 5.97 Å². The maximum Gasteiger partial charge on any atom is 0.305 e. The van der Waals surface area contributed by atoms with Gasteiger partial charge in [0, 0.05) is 12.2 Å². The third kappa shape index (κ3) is 2.97. The summed E-state index contributed by atoms with van der Waals surface area (Å²) in [5.74, 6) is -1.38. The molecule has 1 atom stereocenters. The van der Waals surface area contributed by atoms with Crippen molar-refractivity contribution >= 4 is 11.9 Å². The first kappa shape index (κ1) is 12.3. The molecule has 3 N–H and O–H groups in total. The van der Waals surface area contributed by atoms with Crippen molar-refractivity contribution in [3.05, 3.63) is 24.0 Å². The van der Waals surface area contributed by atoms with Gasteiger partial charge in [0.1, 0.15) is 5.75 Å². The molecule has 1 unspecified atom stereocenters. The summed E-state index contributed by atoms with van der Waals surface area (Å²) in [4.78, 5) is 26.3. The Morgan fingerprint density at radius 2 is 2.22 bits per heavy atom. The van der Waals surface area contributed by atoms with E-state index in [4.69, 9.17) is 5.11 Å². The number of rotatable bonds is 5. The molecule has 96 valence electrons. The minimum atomic E-state index is -0.939. The van der Waals surface area contributed by atoms with Gasteiger partial charge in [0.2, 0.25) is 0 Å². The maximum absolute atomic E-state index is 11.9. The first-order valence-electron chi connectivity index (χ1n) is 5.73. The molecule has 18 heavy (non-hydrogen) atoms. The number of nitrogens with one attached hydrogen (secondary N) is 1. The highest BCUT2D eigenvalue weighted by molar-refractivity contribution is 5.97. The zero-order chi connectivity index (χ0) is 13.1. The third-order valence-corrected chi connectivity index (χ3v) is 2.95. The van der Waals surface area contributed by atoms with E-state index in [1.807, 2.05) is 0 Å². The number of carboxylic acid groups (broad SMARTS) is 1. The number of carbonyl (C=O) groups excluding carboxylic acids is 1.